The number of fused-ring (bicyclic) bond motifs is 2. The van der Waals surface area contributed by atoms with Gasteiger partial charge < -0.3 is 4.98 Å². The van der Waals surface area contributed by atoms with Crippen LogP contribution in [0, 0.1) is 6.92 Å². The molecule has 0 spiro atoms. The maximum atomic E-state index is 4.71. The van der Waals surface area contributed by atoms with Crippen molar-refractivity contribution in [3.63, 3.8) is 0 Å². The number of rotatable bonds is 3. The molecule has 5 aromatic rings. The van der Waals surface area contributed by atoms with Crippen LogP contribution in [0.25, 0.3) is 44.3 Å². The van der Waals surface area contributed by atoms with Gasteiger partial charge in [-0.2, -0.15) is 0 Å². The Labute approximate surface area is 162 Å². The Morgan fingerprint density at radius 3 is 2.63 bits per heavy atom. The number of benzene rings is 2. The van der Waals surface area contributed by atoms with Crippen LogP contribution in [0.4, 0.5) is 0 Å². The van der Waals surface area contributed by atoms with Gasteiger partial charge in [-0.25, -0.2) is 4.98 Å². The second-order valence-corrected chi connectivity index (χ2v) is 7.45. The molecule has 0 radical (unpaired) electrons. The van der Waals surface area contributed by atoms with Gasteiger partial charge in [-0.15, -0.1) is 0 Å². The number of hydrogen-bond acceptors (Lipinski definition) is 2. The molecule has 0 aliphatic rings. The molecule has 1 N–H and O–H groups in total. The monoisotopic (exact) mass is 369 g/mol. The van der Waals surface area contributed by atoms with E-state index in [1.54, 1.807) is 11.9 Å². The molecule has 2 aromatic carbocycles. The molecule has 27 heavy (non-hydrogen) atoms. The fraction of sp³-hybridized carbons (Fsp3) is 0.0870. The van der Waals surface area contributed by atoms with E-state index in [9.17, 15) is 0 Å². The van der Waals surface area contributed by atoms with Crippen molar-refractivity contribution in [2.45, 2.75) is 6.92 Å². The molecule has 0 fully saturated rings. The lowest BCUT2D eigenvalue weighted by Crippen LogP contribution is -1.91. The van der Waals surface area contributed by atoms with Crippen molar-refractivity contribution in [2.24, 2.45) is 0 Å². The molecule has 3 heterocycles. The van der Waals surface area contributed by atoms with Crippen LogP contribution >= 0.6 is 11.9 Å². The van der Waals surface area contributed by atoms with Crippen LogP contribution in [0.3, 0.4) is 0 Å². The summed E-state index contributed by atoms with van der Waals surface area (Å²) >= 11 is 1.69. The summed E-state index contributed by atoms with van der Waals surface area (Å²) in [4.78, 5) is 8.02. The molecule has 0 saturated carbocycles. The summed E-state index contributed by atoms with van der Waals surface area (Å²) in [5.74, 6) is 0. The molecule has 0 saturated heterocycles. The first-order chi connectivity index (χ1) is 13.3. The summed E-state index contributed by atoms with van der Waals surface area (Å²) in [5.41, 5.74) is 8.26. The summed E-state index contributed by atoms with van der Waals surface area (Å²) < 4.78 is 2.23. The van der Waals surface area contributed by atoms with Gasteiger partial charge in [0.25, 0.3) is 0 Å². The predicted molar refractivity (Wildman–Crippen MR) is 116 cm³/mol. The average molecular weight is 369 g/mol. The lowest BCUT2D eigenvalue weighted by Gasteiger charge is -2.08. The Morgan fingerprint density at radius 1 is 0.926 bits per heavy atom. The molecule has 0 bridgehead atoms. The molecule has 0 unspecified atom stereocenters. The standard InChI is InChI=1S/C23H19N3S/c1-15-5-3-6-16(13-15)22-14-20-18(9-12-25-23(20)26(22)27-2)17-7-4-8-21-19(17)10-11-24-21/h3-14,24H,1-2H3. The van der Waals surface area contributed by atoms with E-state index in [0.29, 0.717) is 0 Å². The van der Waals surface area contributed by atoms with Crippen LogP contribution in [0.15, 0.2) is 73.1 Å². The molecule has 0 amide bonds. The van der Waals surface area contributed by atoms with Crippen LogP contribution in [0.1, 0.15) is 5.56 Å². The molecule has 4 heteroatoms. The molecule has 5 rings (SSSR count). The second-order valence-electron chi connectivity index (χ2n) is 6.72. The van der Waals surface area contributed by atoms with Crippen molar-refractivity contribution in [3.05, 3.63) is 78.6 Å². The maximum Gasteiger partial charge on any atom is 0.151 e. The summed E-state index contributed by atoms with van der Waals surface area (Å²) in [5, 5.41) is 2.41. The topological polar surface area (TPSA) is 33.6 Å². The molecule has 3 nitrogen and oxygen atoms in total. The molecule has 132 valence electrons. The van der Waals surface area contributed by atoms with Crippen molar-refractivity contribution >= 4 is 33.9 Å². The van der Waals surface area contributed by atoms with E-state index in [2.05, 4.69) is 82.8 Å². The first-order valence-electron chi connectivity index (χ1n) is 8.95. The minimum Gasteiger partial charge on any atom is -0.361 e. The minimum absolute atomic E-state index is 1.00. The zero-order chi connectivity index (χ0) is 18.4. The van der Waals surface area contributed by atoms with Gasteiger partial charge in [0, 0.05) is 34.9 Å². The third-order valence-corrected chi connectivity index (χ3v) is 5.78. The van der Waals surface area contributed by atoms with Crippen molar-refractivity contribution in [1.82, 2.24) is 13.9 Å². The fourth-order valence-corrected chi connectivity index (χ4v) is 4.49. The third kappa shape index (κ3) is 2.56. The lowest BCUT2D eigenvalue weighted by molar-refractivity contribution is 1.26. The molecule has 0 aliphatic carbocycles. The number of H-pyrrole nitrogens is 1. The van der Waals surface area contributed by atoms with Crippen molar-refractivity contribution in [3.8, 4) is 22.4 Å². The minimum atomic E-state index is 1.00. The highest BCUT2D eigenvalue weighted by molar-refractivity contribution is 7.97. The number of aryl methyl sites for hydroxylation is 1. The van der Waals surface area contributed by atoms with E-state index in [-0.39, 0.29) is 0 Å². The fourth-order valence-electron chi connectivity index (χ4n) is 3.82. The number of nitrogens with one attached hydrogen (secondary N) is 1. The Hall–Kier alpha value is -2.98. The maximum absolute atomic E-state index is 4.71. The van der Waals surface area contributed by atoms with E-state index in [0.717, 1.165) is 11.2 Å². The number of aromatic amines is 1. The SMILES string of the molecule is CSn1c(-c2cccc(C)c2)cc2c(-c3cccc4[nH]ccc34)ccnc21. The normalized spacial score (nSPS) is 11.5. The van der Waals surface area contributed by atoms with Crippen molar-refractivity contribution in [2.75, 3.05) is 6.26 Å². The average Bonchev–Trinajstić information content (AvgIpc) is 3.31. The summed E-state index contributed by atoms with van der Waals surface area (Å²) in [6.45, 7) is 2.13. The molecule has 0 aliphatic heterocycles. The number of nitrogens with zero attached hydrogens (tertiary/aromatic N) is 2. The van der Waals surface area contributed by atoms with Crippen LogP contribution in [0.2, 0.25) is 0 Å². The van der Waals surface area contributed by atoms with Gasteiger partial charge in [0.1, 0.15) is 0 Å². The Bertz CT molecular complexity index is 1280. The zero-order valence-electron chi connectivity index (χ0n) is 15.2. The highest BCUT2D eigenvalue weighted by atomic mass is 32.2. The Morgan fingerprint density at radius 2 is 1.78 bits per heavy atom. The highest BCUT2D eigenvalue weighted by Crippen LogP contribution is 2.38. The van der Waals surface area contributed by atoms with Gasteiger partial charge in [-0.3, -0.25) is 3.97 Å². The third-order valence-electron chi connectivity index (χ3n) is 5.04. The number of hydrogen-bond donors (Lipinski definition) is 1. The van der Waals surface area contributed by atoms with Gasteiger partial charge in [-0.1, -0.05) is 35.9 Å². The van der Waals surface area contributed by atoms with Crippen molar-refractivity contribution in [1.29, 1.82) is 0 Å². The first kappa shape index (κ1) is 16.2. The van der Waals surface area contributed by atoms with E-state index >= 15 is 0 Å². The predicted octanol–water partition coefficient (Wildman–Crippen LogP) is 6.29. The molecule has 0 atom stereocenters. The smallest absolute Gasteiger partial charge is 0.151 e. The summed E-state index contributed by atoms with van der Waals surface area (Å²) in [6, 6.07) is 21.6. The number of aromatic nitrogens is 3. The quantitative estimate of drug-likeness (QED) is 0.406. The molecular formula is C23H19N3S. The van der Waals surface area contributed by atoms with E-state index in [4.69, 9.17) is 4.98 Å². The Kier molecular flexibility index (Phi) is 3.80. The van der Waals surface area contributed by atoms with Crippen molar-refractivity contribution < 1.29 is 0 Å². The van der Waals surface area contributed by atoms with Gasteiger partial charge in [0.2, 0.25) is 0 Å². The summed E-state index contributed by atoms with van der Waals surface area (Å²) in [7, 11) is 0. The van der Waals surface area contributed by atoms with E-state index < -0.39 is 0 Å². The highest BCUT2D eigenvalue weighted by Gasteiger charge is 2.16. The first-order valence-corrected chi connectivity index (χ1v) is 10.1. The van der Waals surface area contributed by atoms with Gasteiger partial charge >= 0.3 is 0 Å². The largest absolute Gasteiger partial charge is 0.361 e. The molecular weight excluding hydrogens is 350 g/mol. The van der Waals surface area contributed by atoms with Crippen LogP contribution < -0.4 is 0 Å². The lowest BCUT2D eigenvalue weighted by atomic mass is 10.00. The van der Waals surface area contributed by atoms with Crippen LogP contribution in [-0.4, -0.2) is 20.2 Å². The summed E-state index contributed by atoms with van der Waals surface area (Å²) in [6.07, 6.45) is 6.01. The Balaban J connectivity index is 1.82. The van der Waals surface area contributed by atoms with Crippen LogP contribution in [0.5, 0.6) is 0 Å². The molecule has 3 aromatic heterocycles. The second kappa shape index (κ2) is 6.32. The van der Waals surface area contributed by atoms with E-state index in [1.165, 1.54) is 38.7 Å². The zero-order valence-corrected chi connectivity index (χ0v) is 16.0. The number of pyridine rings is 1. The van der Waals surface area contributed by atoms with Crippen LogP contribution in [-0.2, 0) is 0 Å². The van der Waals surface area contributed by atoms with Gasteiger partial charge in [-0.05, 0) is 65.9 Å². The van der Waals surface area contributed by atoms with E-state index in [1.807, 2.05) is 12.4 Å². The van der Waals surface area contributed by atoms with Gasteiger partial charge in [0.15, 0.2) is 5.65 Å². The van der Waals surface area contributed by atoms with Gasteiger partial charge in [0.05, 0.1) is 5.69 Å².